The lowest BCUT2D eigenvalue weighted by molar-refractivity contribution is 0.0406. The van der Waals surface area contributed by atoms with E-state index in [9.17, 15) is 4.79 Å². The first-order valence-electron chi connectivity index (χ1n) is 4.55. The van der Waals surface area contributed by atoms with E-state index in [0.29, 0.717) is 6.54 Å². The number of rotatable bonds is 1. The molecular weight excluding hydrogens is 170 g/mol. The minimum Gasteiger partial charge on any atom is -0.453 e. The van der Waals surface area contributed by atoms with Crippen LogP contribution in [0.25, 0.3) is 0 Å². The minimum absolute atomic E-state index is 0.125. The van der Waals surface area contributed by atoms with Crippen molar-refractivity contribution >= 4 is 6.09 Å². The van der Waals surface area contributed by atoms with Crippen LogP contribution in [0.15, 0.2) is 0 Å². The Morgan fingerprint density at radius 1 is 1.69 bits per heavy atom. The number of piperidine rings is 1. The van der Waals surface area contributed by atoms with E-state index in [1.54, 1.807) is 4.90 Å². The van der Waals surface area contributed by atoms with Crippen molar-refractivity contribution in [2.45, 2.75) is 19.8 Å². The molecule has 1 amide bonds. The summed E-state index contributed by atoms with van der Waals surface area (Å²) < 4.78 is 4.63. The largest absolute Gasteiger partial charge is 0.453 e. The summed E-state index contributed by atoms with van der Waals surface area (Å²) >= 11 is 0. The van der Waals surface area contributed by atoms with Gasteiger partial charge in [0, 0.05) is 18.5 Å². The van der Waals surface area contributed by atoms with Crippen molar-refractivity contribution in [1.82, 2.24) is 4.90 Å². The molecule has 0 bridgehead atoms. The molecule has 1 saturated heterocycles. The zero-order valence-corrected chi connectivity index (χ0v) is 8.25. The average Bonchev–Trinajstić information content (AvgIpc) is 2.17. The summed E-state index contributed by atoms with van der Waals surface area (Å²) in [7, 11) is 1.38. The van der Waals surface area contributed by atoms with E-state index < -0.39 is 0 Å². The molecule has 13 heavy (non-hydrogen) atoms. The number of carbonyl (C=O) groups excluding carboxylic acids is 1. The average molecular weight is 187 g/mol. The second-order valence-electron chi connectivity index (χ2n) is 3.96. The van der Waals surface area contributed by atoms with E-state index in [-0.39, 0.29) is 18.1 Å². The van der Waals surface area contributed by atoms with Gasteiger partial charge in [-0.25, -0.2) is 4.79 Å². The minimum atomic E-state index is -0.292. The zero-order chi connectivity index (χ0) is 9.90. The Morgan fingerprint density at radius 3 is 2.92 bits per heavy atom. The van der Waals surface area contributed by atoms with Gasteiger partial charge in [-0.2, -0.15) is 0 Å². The zero-order valence-electron chi connectivity index (χ0n) is 8.25. The number of likely N-dealkylation sites (tertiary alicyclic amines) is 1. The molecule has 0 aromatic rings. The summed E-state index contributed by atoms with van der Waals surface area (Å²) in [5, 5.41) is 9.14. The number of ether oxygens (including phenoxy) is 1. The fourth-order valence-corrected chi connectivity index (χ4v) is 1.73. The summed E-state index contributed by atoms with van der Waals surface area (Å²) in [4.78, 5) is 12.8. The van der Waals surface area contributed by atoms with Crippen LogP contribution in [0.4, 0.5) is 4.79 Å². The SMILES string of the molecule is COC(=O)N1CCCC(C)(CO)C1. The van der Waals surface area contributed by atoms with Crippen molar-refractivity contribution in [2.75, 3.05) is 26.8 Å². The van der Waals surface area contributed by atoms with Gasteiger partial charge in [0.25, 0.3) is 0 Å². The molecule has 0 aromatic carbocycles. The highest BCUT2D eigenvalue weighted by molar-refractivity contribution is 5.67. The van der Waals surface area contributed by atoms with Crippen LogP contribution in [-0.4, -0.2) is 42.9 Å². The van der Waals surface area contributed by atoms with Gasteiger partial charge in [-0.3, -0.25) is 0 Å². The van der Waals surface area contributed by atoms with Crippen molar-refractivity contribution < 1.29 is 14.6 Å². The molecular formula is C9H17NO3. The monoisotopic (exact) mass is 187 g/mol. The lowest BCUT2D eigenvalue weighted by Crippen LogP contribution is -2.46. The van der Waals surface area contributed by atoms with Gasteiger partial charge >= 0.3 is 6.09 Å². The van der Waals surface area contributed by atoms with Crippen molar-refractivity contribution in [3.8, 4) is 0 Å². The third kappa shape index (κ3) is 2.34. The highest BCUT2D eigenvalue weighted by Gasteiger charge is 2.32. The highest BCUT2D eigenvalue weighted by atomic mass is 16.5. The third-order valence-corrected chi connectivity index (χ3v) is 2.60. The normalized spacial score (nSPS) is 28.7. The molecule has 4 nitrogen and oxygen atoms in total. The maximum absolute atomic E-state index is 11.2. The van der Waals surface area contributed by atoms with E-state index in [4.69, 9.17) is 5.11 Å². The molecule has 76 valence electrons. The molecule has 0 radical (unpaired) electrons. The summed E-state index contributed by atoms with van der Waals surface area (Å²) in [6, 6.07) is 0. The Kier molecular flexibility index (Phi) is 3.14. The quantitative estimate of drug-likeness (QED) is 0.662. The molecule has 1 N–H and O–H groups in total. The molecule has 1 rings (SSSR count). The van der Waals surface area contributed by atoms with Crippen LogP contribution in [0, 0.1) is 5.41 Å². The number of hydrogen-bond acceptors (Lipinski definition) is 3. The van der Waals surface area contributed by atoms with Gasteiger partial charge in [0.2, 0.25) is 0 Å². The van der Waals surface area contributed by atoms with Gasteiger partial charge in [-0.05, 0) is 12.8 Å². The number of amides is 1. The Balaban J connectivity index is 2.56. The van der Waals surface area contributed by atoms with Crippen LogP contribution in [0.5, 0.6) is 0 Å². The van der Waals surface area contributed by atoms with Gasteiger partial charge < -0.3 is 14.7 Å². The van der Waals surface area contributed by atoms with Gasteiger partial charge in [-0.15, -0.1) is 0 Å². The van der Waals surface area contributed by atoms with Gasteiger partial charge in [0.1, 0.15) is 0 Å². The van der Waals surface area contributed by atoms with Crippen LogP contribution in [0.2, 0.25) is 0 Å². The maximum atomic E-state index is 11.2. The molecule has 1 atom stereocenters. The predicted molar refractivity (Wildman–Crippen MR) is 48.4 cm³/mol. The van der Waals surface area contributed by atoms with Crippen molar-refractivity contribution in [3.63, 3.8) is 0 Å². The van der Waals surface area contributed by atoms with Gasteiger partial charge in [-0.1, -0.05) is 6.92 Å². The summed E-state index contributed by atoms with van der Waals surface area (Å²) in [5.41, 5.74) is -0.146. The van der Waals surface area contributed by atoms with Crippen LogP contribution in [-0.2, 0) is 4.74 Å². The van der Waals surface area contributed by atoms with Crippen LogP contribution < -0.4 is 0 Å². The molecule has 1 aliphatic rings. The third-order valence-electron chi connectivity index (χ3n) is 2.60. The standard InChI is InChI=1S/C9H17NO3/c1-9(7-11)4-3-5-10(6-9)8(12)13-2/h11H,3-7H2,1-2H3. The fourth-order valence-electron chi connectivity index (χ4n) is 1.73. The summed E-state index contributed by atoms with van der Waals surface area (Å²) in [6.07, 6.45) is 1.61. The second kappa shape index (κ2) is 3.96. The van der Waals surface area contributed by atoms with E-state index >= 15 is 0 Å². The molecule has 1 heterocycles. The van der Waals surface area contributed by atoms with Crippen molar-refractivity contribution in [2.24, 2.45) is 5.41 Å². The van der Waals surface area contributed by atoms with Crippen LogP contribution in [0.3, 0.4) is 0 Å². The smallest absolute Gasteiger partial charge is 0.409 e. The van der Waals surface area contributed by atoms with E-state index in [2.05, 4.69) is 4.74 Å². The second-order valence-corrected chi connectivity index (χ2v) is 3.96. The van der Waals surface area contributed by atoms with Crippen LogP contribution >= 0.6 is 0 Å². The first kappa shape index (κ1) is 10.3. The Morgan fingerprint density at radius 2 is 2.38 bits per heavy atom. The topological polar surface area (TPSA) is 49.8 Å². The maximum Gasteiger partial charge on any atom is 0.409 e. The lowest BCUT2D eigenvalue weighted by atomic mass is 9.83. The Labute approximate surface area is 78.5 Å². The van der Waals surface area contributed by atoms with E-state index in [0.717, 1.165) is 19.4 Å². The number of carbonyl (C=O) groups is 1. The van der Waals surface area contributed by atoms with Gasteiger partial charge in [0.15, 0.2) is 0 Å². The molecule has 0 aromatic heterocycles. The van der Waals surface area contributed by atoms with Crippen molar-refractivity contribution in [3.05, 3.63) is 0 Å². The molecule has 0 saturated carbocycles. The van der Waals surface area contributed by atoms with E-state index in [1.165, 1.54) is 7.11 Å². The molecule has 1 unspecified atom stereocenters. The predicted octanol–water partition coefficient (Wildman–Crippen LogP) is 0.847. The summed E-state index contributed by atoms with van der Waals surface area (Å²) in [5.74, 6) is 0. The number of aliphatic hydroxyl groups is 1. The number of hydrogen-bond donors (Lipinski definition) is 1. The molecule has 0 aliphatic carbocycles. The van der Waals surface area contributed by atoms with Crippen molar-refractivity contribution in [1.29, 1.82) is 0 Å². The first-order valence-corrected chi connectivity index (χ1v) is 4.55. The van der Waals surface area contributed by atoms with Crippen LogP contribution in [0.1, 0.15) is 19.8 Å². The Hall–Kier alpha value is -0.770. The molecule has 1 fully saturated rings. The lowest BCUT2D eigenvalue weighted by Gasteiger charge is -2.38. The summed E-state index contributed by atoms with van der Waals surface area (Å²) in [6.45, 7) is 3.45. The molecule has 1 aliphatic heterocycles. The first-order chi connectivity index (χ1) is 6.11. The Bertz CT molecular complexity index is 195. The number of aliphatic hydroxyl groups excluding tert-OH is 1. The number of nitrogens with zero attached hydrogens (tertiary/aromatic N) is 1. The molecule has 4 heteroatoms. The molecule has 0 spiro atoms. The highest BCUT2D eigenvalue weighted by Crippen LogP contribution is 2.28. The number of methoxy groups -OCH3 is 1. The fraction of sp³-hybridized carbons (Fsp3) is 0.889. The van der Waals surface area contributed by atoms with E-state index in [1.807, 2.05) is 6.92 Å². The van der Waals surface area contributed by atoms with Gasteiger partial charge in [0.05, 0.1) is 13.7 Å².